The van der Waals surface area contributed by atoms with Gasteiger partial charge in [0, 0.05) is 22.9 Å². The monoisotopic (exact) mass is 528 g/mol. The van der Waals surface area contributed by atoms with Crippen molar-refractivity contribution in [1.82, 2.24) is 9.97 Å². The van der Waals surface area contributed by atoms with E-state index in [1.807, 2.05) is 24.3 Å². The lowest BCUT2D eigenvalue weighted by Crippen LogP contribution is -2.43. The Hall–Kier alpha value is -3.16. The molecule has 6 nitrogen and oxygen atoms in total. The maximum Gasteiger partial charge on any atom is 0.356 e. The number of aromatic hydroxyl groups is 1. The van der Waals surface area contributed by atoms with Crippen molar-refractivity contribution in [2.24, 2.45) is 0 Å². The third-order valence-corrected chi connectivity index (χ3v) is 10.4. The number of rotatable bonds is 3. The van der Waals surface area contributed by atoms with Gasteiger partial charge in [0.15, 0.2) is 0 Å². The number of benzene rings is 2. The van der Waals surface area contributed by atoms with Gasteiger partial charge in [-0.2, -0.15) is 0 Å². The lowest BCUT2D eigenvalue weighted by molar-refractivity contribution is 0.0594. The Morgan fingerprint density at radius 2 is 1.44 bits per heavy atom. The zero-order valence-electron chi connectivity index (χ0n) is 20.2. The summed E-state index contributed by atoms with van der Waals surface area (Å²) in [7, 11) is -0.505. The highest BCUT2D eigenvalue weighted by molar-refractivity contribution is 6.74. The van der Waals surface area contributed by atoms with Crippen molar-refractivity contribution in [3.05, 3.63) is 71.5 Å². The van der Waals surface area contributed by atoms with E-state index in [0.29, 0.717) is 10.7 Å². The Morgan fingerprint density at radius 1 is 0.889 bits per heavy atom. The van der Waals surface area contributed by atoms with Crippen LogP contribution in [0.15, 0.2) is 60.7 Å². The highest BCUT2D eigenvalue weighted by Gasteiger charge is 2.38. The van der Waals surface area contributed by atoms with Crippen LogP contribution in [0, 0.1) is 0 Å². The molecule has 0 fully saturated rings. The van der Waals surface area contributed by atoms with Crippen LogP contribution in [0.4, 0.5) is 0 Å². The summed E-state index contributed by atoms with van der Waals surface area (Å²) in [5, 5.41) is 11.9. The number of phenols is 1. The standard InChI is InChI=1S/C15H20ClNOSi.C11H9NO3.2CH4/c1-15(2,3)19(4,5)18-12-8-6-11-7-9-14(16)17-13(11)10-12;1-15-11(14)9-5-3-7-2-4-8(13)6-10(7)12-9;;/h6-10H,1-5H3;2-6,13H,1H3;2*1H4. The quantitative estimate of drug-likeness (QED) is 0.164. The van der Waals surface area contributed by atoms with Crippen LogP contribution in [0.3, 0.4) is 0 Å². The minimum Gasteiger partial charge on any atom is -0.543 e. The van der Waals surface area contributed by atoms with E-state index in [2.05, 4.69) is 48.6 Å². The molecule has 8 heteroatoms. The average molecular weight is 529 g/mol. The van der Waals surface area contributed by atoms with Gasteiger partial charge >= 0.3 is 5.97 Å². The van der Waals surface area contributed by atoms with Crippen LogP contribution in [0.25, 0.3) is 21.8 Å². The first-order valence-electron chi connectivity index (χ1n) is 10.8. The Kier molecular flexibility index (Phi) is 10.5. The Labute approximate surface area is 220 Å². The summed E-state index contributed by atoms with van der Waals surface area (Å²) in [6, 6.07) is 17.9. The lowest BCUT2D eigenvalue weighted by Gasteiger charge is -2.36. The van der Waals surface area contributed by atoms with E-state index < -0.39 is 14.3 Å². The second-order valence-corrected chi connectivity index (χ2v) is 14.5. The fourth-order valence-corrected chi connectivity index (χ4v) is 4.08. The number of nitrogens with zero attached hydrogens (tertiary/aromatic N) is 2. The molecule has 0 unspecified atom stereocenters. The van der Waals surface area contributed by atoms with Gasteiger partial charge in [-0.25, -0.2) is 14.8 Å². The van der Waals surface area contributed by atoms with Crippen molar-refractivity contribution in [1.29, 1.82) is 0 Å². The molecule has 0 amide bonds. The van der Waals surface area contributed by atoms with E-state index in [4.69, 9.17) is 16.0 Å². The van der Waals surface area contributed by atoms with Crippen LogP contribution in [0.1, 0.15) is 46.1 Å². The number of halogens is 1. The Bertz CT molecular complexity index is 1340. The summed E-state index contributed by atoms with van der Waals surface area (Å²) >= 11 is 5.93. The van der Waals surface area contributed by atoms with Gasteiger partial charge in [0.2, 0.25) is 8.32 Å². The van der Waals surface area contributed by atoms with Crippen LogP contribution in [-0.2, 0) is 4.74 Å². The van der Waals surface area contributed by atoms with Crippen LogP contribution >= 0.6 is 11.6 Å². The van der Waals surface area contributed by atoms with E-state index in [1.165, 1.54) is 13.2 Å². The van der Waals surface area contributed by atoms with E-state index in [-0.39, 0.29) is 31.3 Å². The SMILES string of the molecule is C.C.CC(C)(C)[Si](C)(C)Oc1ccc2ccc(Cl)nc2c1.COC(=O)c1ccc2ccc(O)cc2n1. The number of carbonyl (C=O) groups excluding carboxylic acids is 1. The molecule has 0 radical (unpaired) electrons. The second-order valence-electron chi connectivity index (χ2n) is 9.42. The predicted octanol–water partition coefficient (Wildman–Crippen LogP) is 8.27. The Morgan fingerprint density at radius 3 is 2.06 bits per heavy atom. The number of hydrogen-bond acceptors (Lipinski definition) is 6. The first kappa shape index (κ1) is 30.9. The van der Waals surface area contributed by atoms with Gasteiger partial charge in [-0.3, -0.25) is 0 Å². The van der Waals surface area contributed by atoms with Crippen LogP contribution < -0.4 is 4.43 Å². The van der Waals surface area contributed by atoms with Crippen LogP contribution in [0.5, 0.6) is 11.5 Å². The minimum atomic E-state index is -1.81. The van der Waals surface area contributed by atoms with Crippen molar-refractivity contribution in [3.63, 3.8) is 0 Å². The lowest BCUT2D eigenvalue weighted by atomic mass is 10.2. The van der Waals surface area contributed by atoms with Crippen molar-refractivity contribution >= 4 is 47.7 Å². The van der Waals surface area contributed by atoms with Crippen LogP contribution in [0.2, 0.25) is 23.3 Å². The molecule has 4 rings (SSSR count). The van der Waals surface area contributed by atoms with Gasteiger partial charge in [-0.1, -0.05) is 53.3 Å². The largest absolute Gasteiger partial charge is 0.543 e. The molecule has 0 atom stereocenters. The zero-order chi connectivity index (χ0) is 25.1. The van der Waals surface area contributed by atoms with Crippen molar-refractivity contribution in [2.75, 3.05) is 7.11 Å². The fourth-order valence-electron chi connectivity index (χ4n) is 2.91. The molecule has 2 heterocycles. The maximum absolute atomic E-state index is 11.2. The molecular formula is C28H37ClN2O4Si. The van der Waals surface area contributed by atoms with Gasteiger partial charge in [0.25, 0.3) is 0 Å². The topological polar surface area (TPSA) is 81.5 Å². The van der Waals surface area contributed by atoms with Gasteiger partial charge in [-0.05, 0) is 60.6 Å². The average Bonchev–Trinajstić information content (AvgIpc) is 2.77. The smallest absolute Gasteiger partial charge is 0.356 e. The zero-order valence-corrected chi connectivity index (χ0v) is 22.0. The van der Waals surface area contributed by atoms with Crippen molar-refractivity contribution in [3.8, 4) is 11.5 Å². The van der Waals surface area contributed by atoms with E-state index >= 15 is 0 Å². The molecule has 0 aliphatic heterocycles. The summed E-state index contributed by atoms with van der Waals surface area (Å²) in [5.41, 5.74) is 1.68. The molecule has 0 saturated heterocycles. The molecule has 36 heavy (non-hydrogen) atoms. The highest BCUT2D eigenvalue weighted by Crippen LogP contribution is 2.37. The number of pyridine rings is 2. The normalized spacial score (nSPS) is 11.0. The van der Waals surface area contributed by atoms with Gasteiger partial charge in [-0.15, -0.1) is 0 Å². The summed E-state index contributed by atoms with van der Waals surface area (Å²) in [4.78, 5) is 19.6. The molecule has 194 valence electrons. The predicted molar refractivity (Wildman–Crippen MR) is 153 cm³/mol. The Balaban J connectivity index is 0.000000349. The summed E-state index contributed by atoms with van der Waals surface area (Å²) in [6.45, 7) is 11.2. The van der Waals surface area contributed by atoms with Crippen molar-refractivity contribution in [2.45, 2.75) is 53.8 Å². The fraction of sp³-hybridized carbons (Fsp3) is 0.321. The first-order valence-corrected chi connectivity index (χ1v) is 14.1. The number of ether oxygens (including phenoxy) is 1. The number of esters is 1. The molecule has 0 bridgehead atoms. The molecule has 0 spiro atoms. The van der Waals surface area contributed by atoms with Crippen molar-refractivity contribution < 1.29 is 19.1 Å². The molecule has 0 aliphatic rings. The third-order valence-electron chi connectivity index (χ3n) is 5.88. The number of methoxy groups -OCH3 is 1. The second kappa shape index (κ2) is 12.2. The number of phenolic OH excluding ortho intramolecular Hbond substituents is 1. The molecular weight excluding hydrogens is 492 g/mol. The molecule has 2 aromatic carbocycles. The highest BCUT2D eigenvalue weighted by atomic mass is 35.5. The van der Waals surface area contributed by atoms with Gasteiger partial charge < -0.3 is 14.3 Å². The number of carbonyl (C=O) groups is 1. The van der Waals surface area contributed by atoms with Gasteiger partial charge in [0.1, 0.15) is 22.3 Å². The minimum absolute atomic E-state index is 0. The summed E-state index contributed by atoms with van der Waals surface area (Å²) < 4.78 is 10.8. The van der Waals surface area contributed by atoms with E-state index in [1.54, 1.807) is 30.3 Å². The maximum atomic E-state index is 11.2. The third kappa shape index (κ3) is 7.42. The van der Waals surface area contributed by atoms with Gasteiger partial charge in [0.05, 0.1) is 18.1 Å². The number of fused-ring (bicyclic) bond motifs is 2. The van der Waals surface area contributed by atoms with E-state index in [9.17, 15) is 9.90 Å². The number of hydrogen-bond donors (Lipinski definition) is 1. The summed E-state index contributed by atoms with van der Waals surface area (Å²) in [6.07, 6.45) is 0. The molecule has 4 aromatic rings. The van der Waals surface area contributed by atoms with E-state index in [0.717, 1.165) is 22.0 Å². The number of aromatic nitrogens is 2. The molecule has 0 aliphatic carbocycles. The summed E-state index contributed by atoms with van der Waals surface area (Å²) in [5.74, 6) is 0.520. The molecule has 0 saturated carbocycles. The molecule has 1 N–H and O–H groups in total. The first-order chi connectivity index (χ1) is 15.9. The molecule has 2 aromatic heterocycles. The van der Waals surface area contributed by atoms with Crippen LogP contribution in [-0.4, -0.2) is 36.5 Å².